The Morgan fingerprint density at radius 3 is 2.45 bits per heavy atom. The Balaban J connectivity index is 1.81. The van der Waals surface area contributed by atoms with Gasteiger partial charge >= 0.3 is 6.03 Å². The lowest BCUT2D eigenvalue weighted by Crippen LogP contribution is -2.35. The molecule has 3 rings (SSSR count). The summed E-state index contributed by atoms with van der Waals surface area (Å²) in [5, 5.41) is 8.87. The van der Waals surface area contributed by atoms with Crippen LogP contribution in [0, 0.1) is 0 Å². The highest BCUT2D eigenvalue weighted by Crippen LogP contribution is 2.28. The van der Waals surface area contributed by atoms with Gasteiger partial charge in [-0.25, -0.2) is 4.79 Å². The van der Waals surface area contributed by atoms with Gasteiger partial charge in [0.25, 0.3) is 5.91 Å². The van der Waals surface area contributed by atoms with Gasteiger partial charge in [-0.2, -0.15) is 0 Å². The fourth-order valence-corrected chi connectivity index (χ4v) is 3.85. The van der Waals surface area contributed by atoms with Crippen LogP contribution in [0.15, 0.2) is 42.5 Å². The summed E-state index contributed by atoms with van der Waals surface area (Å²) in [5.74, 6) is -0.102. The van der Waals surface area contributed by atoms with Crippen LogP contribution in [0.1, 0.15) is 62.4 Å². The Labute approximate surface area is 185 Å². The van der Waals surface area contributed by atoms with E-state index in [0.29, 0.717) is 11.3 Å². The number of urea groups is 1. The molecule has 0 bridgehead atoms. The SMILES string of the molecule is CCc1ccccc1NC(=O)Nc1ccc(N2CCCCC2)c(C(=O)N[C@H](C)CC)c1. The first-order chi connectivity index (χ1) is 15.0. The number of carbonyl (C=O) groups excluding carboxylic acids is 2. The van der Waals surface area contributed by atoms with Crippen molar-refractivity contribution in [2.75, 3.05) is 28.6 Å². The number of rotatable bonds is 7. The lowest BCUT2D eigenvalue weighted by Gasteiger charge is -2.31. The van der Waals surface area contributed by atoms with Gasteiger partial charge in [-0.15, -0.1) is 0 Å². The minimum Gasteiger partial charge on any atom is -0.371 e. The predicted molar refractivity (Wildman–Crippen MR) is 128 cm³/mol. The van der Waals surface area contributed by atoms with Crippen LogP contribution in [0.3, 0.4) is 0 Å². The van der Waals surface area contributed by atoms with Crippen LogP contribution in [-0.4, -0.2) is 31.1 Å². The highest BCUT2D eigenvalue weighted by atomic mass is 16.2. The summed E-state index contributed by atoms with van der Waals surface area (Å²) in [6.07, 6.45) is 5.18. The summed E-state index contributed by atoms with van der Waals surface area (Å²) in [6.45, 7) is 8.00. The molecule has 2 aromatic rings. The molecule has 1 heterocycles. The third kappa shape index (κ3) is 6.00. The molecule has 1 fully saturated rings. The van der Waals surface area contributed by atoms with E-state index < -0.39 is 0 Å². The van der Waals surface area contributed by atoms with Crippen molar-refractivity contribution in [3.8, 4) is 0 Å². The molecule has 0 aromatic heterocycles. The zero-order chi connectivity index (χ0) is 22.2. The number of hydrogen-bond donors (Lipinski definition) is 3. The van der Waals surface area contributed by atoms with Crippen molar-refractivity contribution >= 4 is 29.0 Å². The van der Waals surface area contributed by atoms with Crippen LogP contribution < -0.4 is 20.9 Å². The molecule has 0 radical (unpaired) electrons. The van der Waals surface area contributed by atoms with Gasteiger partial charge in [0.05, 0.1) is 5.56 Å². The first kappa shape index (κ1) is 22.7. The Morgan fingerprint density at radius 2 is 1.74 bits per heavy atom. The van der Waals surface area contributed by atoms with Gasteiger partial charge in [0.2, 0.25) is 0 Å². The molecule has 6 heteroatoms. The Hall–Kier alpha value is -3.02. The quantitative estimate of drug-likeness (QED) is 0.558. The van der Waals surface area contributed by atoms with E-state index in [1.165, 1.54) is 6.42 Å². The maximum absolute atomic E-state index is 13.0. The zero-order valence-corrected chi connectivity index (χ0v) is 18.8. The monoisotopic (exact) mass is 422 g/mol. The number of benzene rings is 2. The Morgan fingerprint density at radius 1 is 1.00 bits per heavy atom. The molecule has 0 spiro atoms. The molecule has 1 aliphatic heterocycles. The van der Waals surface area contributed by atoms with Gasteiger partial charge in [0.1, 0.15) is 0 Å². The second kappa shape index (κ2) is 10.8. The van der Waals surface area contributed by atoms with Crippen molar-refractivity contribution in [2.24, 2.45) is 0 Å². The molecular formula is C25H34N4O2. The molecule has 6 nitrogen and oxygen atoms in total. The molecule has 31 heavy (non-hydrogen) atoms. The average Bonchev–Trinajstić information content (AvgIpc) is 2.79. The van der Waals surface area contributed by atoms with E-state index >= 15 is 0 Å². The van der Waals surface area contributed by atoms with E-state index in [2.05, 4.69) is 27.8 Å². The highest BCUT2D eigenvalue weighted by molar-refractivity contribution is 6.04. The van der Waals surface area contributed by atoms with Gasteiger partial charge in [-0.1, -0.05) is 32.0 Å². The van der Waals surface area contributed by atoms with E-state index in [1.54, 1.807) is 6.07 Å². The van der Waals surface area contributed by atoms with E-state index in [-0.39, 0.29) is 18.0 Å². The van der Waals surface area contributed by atoms with Crippen molar-refractivity contribution in [2.45, 2.75) is 58.9 Å². The molecule has 1 saturated heterocycles. The van der Waals surface area contributed by atoms with Crippen LogP contribution in [0.4, 0.5) is 21.9 Å². The van der Waals surface area contributed by atoms with E-state index in [0.717, 1.165) is 55.7 Å². The summed E-state index contributed by atoms with van der Waals surface area (Å²) in [7, 11) is 0. The lowest BCUT2D eigenvalue weighted by molar-refractivity contribution is 0.0939. The van der Waals surface area contributed by atoms with Crippen LogP contribution in [-0.2, 0) is 6.42 Å². The summed E-state index contributed by atoms with van der Waals surface area (Å²) < 4.78 is 0. The fraction of sp³-hybridized carbons (Fsp3) is 0.440. The number of anilines is 3. The maximum atomic E-state index is 13.0. The molecule has 0 aliphatic carbocycles. The summed E-state index contributed by atoms with van der Waals surface area (Å²) >= 11 is 0. The molecular weight excluding hydrogens is 388 g/mol. The van der Waals surface area contributed by atoms with Crippen molar-refractivity contribution in [1.82, 2.24) is 5.32 Å². The highest BCUT2D eigenvalue weighted by Gasteiger charge is 2.20. The van der Waals surface area contributed by atoms with Gasteiger partial charge in [-0.05, 0) is 68.9 Å². The molecule has 1 aliphatic rings. The molecule has 3 amide bonds. The zero-order valence-electron chi connectivity index (χ0n) is 18.8. The first-order valence-corrected chi connectivity index (χ1v) is 11.4. The number of aryl methyl sites for hydroxylation is 1. The number of hydrogen-bond acceptors (Lipinski definition) is 3. The van der Waals surface area contributed by atoms with E-state index in [9.17, 15) is 9.59 Å². The van der Waals surface area contributed by atoms with Crippen molar-refractivity contribution in [1.29, 1.82) is 0 Å². The van der Waals surface area contributed by atoms with Crippen LogP contribution in [0.2, 0.25) is 0 Å². The molecule has 0 unspecified atom stereocenters. The molecule has 2 aromatic carbocycles. The van der Waals surface area contributed by atoms with E-state index in [4.69, 9.17) is 0 Å². The van der Waals surface area contributed by atoms with Gasteiger partial charge < -0.3 is 20.9 Å². The number of amides is 3. The minimum atomic E-state index is -0.320. The number of carbonyl (C=O) groups is 2. The third-order valence-electron chi connectivity index (χ3n) is 5.83. The smallest absolute Gasteiger partial charge is 0.323 e. The Kier molecular flexibility index (Phi) is 7.93. The number of piperidine rings is 1. The summed E-state index contributed by atoms with van der Waals surface area (Å²) in [5.41, 5.74) is 4.01. The second-order valence-corrected chi connectivity index (χ2v) is 8.15. The Bertz CT molecular complexity index is 906. The second-order valence-electron chi connectivity index (χ2n) is 8.15. The summed E-state index contributed by atoms with van der Waals surface area (Å²) in [4.78, 5) is 27.9. The molecule has 3 N–H and O–H groups in total. The van der Waals surface area contributed by atoms with E-state index in [1.807, 2.05) is 50.2 Å². The third-order valence-corrected chi connectivity index (χ3v) is 5.83. The fourth-order valence-electron chi connectivity index (χ4n) is 3.85. The van der Waals surface area contributed by atoms with Gasteiger partial charge in [0.15, 0.2) is 0 Å². The van der Waals surface area contributed by atoms with Crippen molar-refractivity contribution in [3.63, 3.8) is 0 Å². The van der Waals surface area contributed by atoms with Crippen LogP contribution in [0.5, 0.6) is 0 Å². The van der Waals surface area contributed by atoms with Crippen molar-refractivity contribution in [3.05, 3.63) is 53.6 Å². The maximum Gasteiger partial charge on any atom is 0.323 e. The standard InChI is InChI=1S/C25H34N4O2/c1-4-18(3)26-24(30)21-17-20(13-14-23(21)29-15-9-6-10-16-29)27-25(31)28-22-12-8-7-11-19(22)5-2/h7-8,11-14,17-18H,4-6,9-10,15-16H2,1-3H3,(H,26,30)(H2,27,28,31)/t18-/m1/s1. The van der Waals surface area contributed by atoms with Crippen LogP contribution >= 0.6 is 0 Å². The largest absolute Gasteiger partial charge is 0.371 e. The lowest BCUT2D eigenvalue weighted by atomic mass is 10.1. The summed E-state index contributed by atoms with van der Waals surface area (Å²) in [6, 6.07) is 13.1. The average molecular weight is 423 g/mol. The number of para-hydroxylation sites is 1. The van der Waals surface area contributed by atoms with Crippen LogP contribution in [0.25, 0.3) is 0 Å². The molecule has 1 atom stereocenters. The molecule has 166 valence electrons. The number of nitrogens with one attached hydrogen (secondary N) is 3. The molecule has 0 saturated carbocycles. The van der Waals surface area contributed by atoms with Gasteiger partial charge in [-0.3, -0.25) is 4.79 Å². The predicted octanol–water partition coefficient (Wildman–Crippen LogP) is 5.41. The topological polar surface area (TPSA) is 73.5 Å². The van der Waals surface area contributed by atoms with Crippen molar-refractivity contribution < 1.29 is 9.59 Å². The minimum absolute atomic E-state index is 0.0900. The first-order valence-electron chi connectivity index (χ1n) is 11.4. The van der Waals surface area contributed by atoms with Gasteiger partial charge in [0, 0.05) is 36.2 Å². The number of nitrogens with zero attached hydrogens (tertiary/aromatic N) is 1. The normalized spacial score (nSPS) is 14.6.